The Morgan fingerprint density at radius 3 is 2.56 bits per heavy atom. The minimum Gasteiger partial charge on any atom is -0.374 e. The summed E-state index contributed by atoms with van der Waals surface area (Å²) in [6.45, 7) is 7.08. The van der Waals surface area contributed by atoms with Gasteiger partial charge in [-0.1, -0.05) is 48.0 Å². The van der Waals surface area contributed by atoms with Crippen LogP contribution in [0.1, 0.15) is 42.5 Å². The van der Waals surface area contributed by atoms with E-state index in [9.17, 15) is 4.79 Å². The van der Waals surface area contributed by atoms with Gasteiger partial charge in [-0.25, -0.2) is 0 Å². The number of amides is 1. The number of nitrogens with one attached hydrogen (secondary N) is 1. The van der Waals surface area contributed by atoms with E-state index in [4.69, 9.17) is 16.3 Å². The quantitative estimate of drug-likeness (QED) is 0.733. The van der Waals surface area contributed by atoms with E-state index in [1.807, 2.05) is 63.2 Å². The molecule has 0 radical (unpaired) electrons. The fraction of sp³-hybridized carbons (Fsp3) is 0.381. The molecule has 2 aromatic rings. The average molecular weight is 360 g/mol. The molecule has 25 heavy (non-hydrogen) atoms. The topological polar surface area (TPSA) is 38.3 Å². The van der Waals surface area contributed by atoms with E-state index >= 15 is 0 Å². The fourth-order valence-corrected chi connectivity index (χ4v) is 2.66. The highest BCUT2D eigenvalue weighted by molar-refractivity contribution is 6.31. The van der Waals surface area contributed by atoms with Crippen molar-refractivity contribution in [1.82, 2.24) is 5.32 Å². The summed E-state index contributed by atoms with van der Waals surface area (Å²) in [6.07, 6.45) is 1.32. The first kappa shape index (κ1) is 19.5. The Labute approximate surface area is 155 Å². The third-order valence-corrected chi connectivity index (χ3v) is 4.45. The average Bonchev–Trinajstić information content (AvgIpc) is 2.59. The van der Waals surface area contributed by atoms with Gasteiger partial charge in [-0.15, -0.1) is 0 Å². The van der Waals surface area contributed by atoms with Crippen LogP contribution in [0.25, 0.3) is 0 Å². The lowest BCUT2D eigenvalue weighted by Gasteiger charge is -2.13. The number of hydrogen-bond acceptors (Lipinski definition) is 2. The second-order valence-electron chi connectivity index (χ2n) is 6.49. The monoisotopic (exact) mass is 359 g/mol. The first-order valence-corrected chi connectivity index (χ1v) is 9.03. The molecular formula is C21H26ClNO2. The lowest BCUT2D eigenvalue weighted by atomic mass is 10.1. The number of hydrogen-bond donors (Lipinski definition) is 1. The van der Waals surface area contributed by atoms with Crippen molar-refractivity contribution in [1.29, 1.82) is 0 Å². The Balaban J connectivity index is 1.84. The van der Waals surface area contributed by atoms with E-state index in [0.717, 1.165) is 27.3 Å². The molecule has 0 bridgehead atoms. The van der Waals surface area contributed by atoms with E-state index in [-0.39, 0.29) is 12.0 Å². The minimum absolute atomic E-state index is 0.0382. The number of aryl methyl sites for hydroxylation is 2. The second kappa shape index (κ2) is 9.59. The van der Waals surface area contributed by atoms with Crippen molar-refractivity contribution < 1.29 is 9.53 Å². The Bertz CT molecular complexity index is 713. The summed E-state index contributed by atoms with van der Waals surface area (Å²) < 4.78 is 5.68. The van der Waals surface area contributed by atoms with Crippen LogP contribution in [0, 0.1) is 6.92 Å². The van der Waals surface area contributed by atoms with Gasteiger partial charge in [0, 0.05) is 18.0 Å². The van der Waals surface area contributed by atoms with Crippen molar-refractivity contribution in [2.75, 3.05) is 0 Å². The van der Waals surface area contributed by atoms with E-state index in [0.29, 0.717) is 26.0 Å². The standard InChI is InChI=1S/C21H26ClNO2/c1-15(2)25-14-19-7-5-4-6-18(19)13-23-21(24)11-10-17-9-8-16(3)20(22)12-17/h4-9,12,15H,10-11,13-14H2,1-3H3,(H,23,24). The fourth-order valence-electron chi connectivity index (χ4n) is 2.46. The maximum Gasteiger partial charge on any atom is 0.220 e. The van der Waals surface area contributed by atoms with Crippen molar-refractivity contribution in [3.05, 3.63) is 69.7 Å². The number of ether oxygens (including phenoxy) is 1. The molecule has 1 amide bonds. The minimum atomic E-state index is 0.0382. The maximum absolute atomic E-state index is 12.1. The zero-order chi connectivity index (χ0) is 18.2. The number of halogens is 1. The van der Waals surface area contributed by atoms with Gasteiger partial charge in [-0.3, -0.25) is 4.79 Å². The molecule has 0 atom stereocenters. The molecule has 0 heterocycles. The van der Waals surface area contributed by atoms with Crippen LogP contribution in [-0.4, -0.2) is 12.0 Å². The Morgan fingerprint density at radius 1 is 1.16 bits per heavy atom. The molecule has 0 saturated carbocycles. The number of benzene rings is 2. The lowest BCUT2D eigenvalue weighted by Crippen LogP contribution is -2.23. The molecule has 2 rings (SSSR count). The van der Waals surface area contributed by atoms with Gasteiger partial charge in [-0.2, -0.15) is 0 Å². The third kappa shape index (κ3) is 6.52. The maximum atomic E-state index is 12.1. The molecule has 0 aliphatic carbocycles. The highest BCUT2D eigenvalue weighted by atomic mass is 35.5. The van der Waals surface area contributed by atoms with Crippen molar-refractivity contribution >= 4 is 17.5 Å². The first-order chi connectivity index (χ1) is 12.0. The van der Waals surface area contributed by atoms with Crippen molar-refractivity contribution in [3.8, 4) is 0 Å². The molecule has 134 valence electrons. The predicted octanol–water partition coefficient (Wildman–Crippen LogP) is 4.82. The smallest absolute Gasteiger partial charge is 0.220 e. The summed E-state index contributed by atoms with van der Waals surface area (Å²) in [6, 6.07) is 14.0. The van der Waals surface area contributed by atoms with Crippen molar-refractivity contribution in [3.63, 3.8) is 0 Å². The van der Waals surface area contributed by atoms with Gasteiger partial charge in [0.25, 0.3) is 0 Å². The number of rotatable bonds is 8. The summed E-state index contributed by atoms with van der Waals surface area (Å²) in [5.74, 6) is 0.0382. The van der Waals surface area contributed by atoms with Gasteiger partial charge in [-0.05, 0) is 55.5 Å². The van der Waals surface area contributed by atoms with E-state index < -0.39 is 0 Å². The molecule has 0 aliphatic heterocycles. The van der Waals surface area contributed by atoms with Crippen LogP contribution in [-0.2, 0) is 29.1 Å². The van der Waals surface area contributed by atoms with E-state index in [1.165, 1.54) is 0 Å². The summed E-state index contributed by atoms with van der Waals surface area (Å²) >= 11 is 6.13. The van der Waals surface area contributed by atoms with Gasteiger partial charge < -0.3 is 10.1 Å². The molecule has 0 spiro atoms. The Hall–Kier alpha value is -1.84. The van der Waals surface area contributed by atoms with Crippen LogP contribution in [0.2, 0.25) is 5.02 Å². The van der Waals surface area contributed by atoms with Gasteiger partial charge >= 0.3 is 0 Å². The predicted molar refractivity (Wildman–Crippen MR) is 103 cm³/mol. The zero-order valence-corrected chi connectivity index (χ0v) is 15.9. The highest BCUT2D eigenvalue weighted by Crippen LogP contribution is 2.17. The Kier molecular flexibility index (Phi) is 7.48. The summed E-state index contributed by atoms with van der Waals surface area (Å²) in [7, 11) is 0. The molecule has 0 saturated heterocycles. The lowest BCUT2D eigenvalue weighted by molar-refractivity contribution is -0.121. The third-order valence-electron chi connectivity index (χ3n) is 4.04. The second-order valence-corrected chi connectivity index (χ2v) is 6.90. The molecule has 3 nitrogen and oxygen atoms in total. The van der Waals surface area contributed by atoms with E-state index in [2.05, 4.69) is 5.32 Å². The van der Waals surface area contributed by atoms with Crippen LogP contribution in [0.4, 0.5) is 0 Å². The molecule has 1 N–H and O–H groups in total. The SMILES string of the molecule is Cc1ccc(CCC(=O)NCc2ccccc2COC(C)C)cc1Cl. The summed E-state index contributed by atoms with van der Waals surface area (Å²) in [5, 5.41) is 3.74. The van der Waals surface area contributed by atoms with Gasteiger partial charge in [0.1, 0.15) is 0 Å². The van der Waals surface area contributed by atoms with Gasteiger partial charge in [0.05, 0.1) is 12.7 Å². The molecular weight excluding hydrogens is 334 g/mol. The van der Waals surface area contributed by atoms with Crippen molar-refractivity contribution in [2.24, 2.45) is 0 Å². The zero-order valence-electron chi connectivity index (χ0n) is 15.1. The van der Waals surface area contributed by atoms with Crippen LogP contribution in [0.5, 0.6) is 0 Å². The summed E-state index contributed by atoms with van der Waals surface area (Å²) in [5.41, 5.74) is 4.34. The molecule has 0 unspecified atom stereocenters. The number of carbonyl (C=O) groups is 1. The van der Waals surface area contributed by atoms with Crippen LogP contribution in [0.3, 0.4) is 0 Å². The first-order valence-electron chi connectivity index (χ1n) is 8.66. The highest BCUT2D eigenvalue weighted by Gasteiger charge is 2.07. The number of carbonyl (C=O) groups excluding carboxylic acids is 1. The van der Waals surface area contributed by atoms with Crippen LogP contribution < -0.4 is 5.32 Å². The van der Waals surface area contributed by atoms with Gasteiger partial charge in [0.2, 0.25) is 5.91 Å². The largest absolute Gasteiger partial charge is 0.374 e. The normalized spacial score (nSPS) is 10.9. The van der Waals surface area contributed by atoms with Gasteiger partial charge in [0.15, 0.2) is 0 Å². The van der Waals surface area contributed by atoms with Crippen LogP contribution >= 0.6 is 11.6 Å². The molecule has 0 aliphatic rings. The molecule has 2 aromatic carbocycles. The molecule has 0 fully saturated rings. The summed E-state index contributed by atoms with van der Waals surface area (Å²) in [4.78, 5) is 12.1. The molecule has 4 heteroatoms. The van der Waals surface area contributed by atoms with Crippen LogP contribution in [0.15, 0.2) is 42.5 Å². The Morgan fingerprint density at radius 2 is 1.88 bits per heavy atom. The molecule has 0 aromatic heterocycles. The van der Waals surface area contributed by atoms with Crippen molar-refractivity contribution in [2.45, 2.75) is 52.9 Å². The van der Waals surface area contributed by atoms with E-state index in [1.54, 1.807) is 0 Å².